The van der Waals surface area contributed by atoms with Crippen LogP contribution in [0.3, 0.4) is 0 Å². The van der Waals surface area contributed by atoms with E-state index in [9.17, 15) is 4.79 Å². The van der Waals surface area contributed by atoms with Gasteiger partial charge in [-0.25, -0.2) is 4.79 Å². The summed E-state index contributed by atoms with van der Waals surface area (Å²) in [5.74, 6) is 0. The minimum Gasteiger partial charge on any atom is -0.319 e. The highest BCUT2D eigenvalue weighted by atomic mass is 35.5. The number of aromatic amines is 2. The molecular formula is C10H12ClN3O. The van der Waals surface area contributed by atoms with Crippen molar-refractivity contribution in [2.75, 3.05) is 13.6 Å². The molecule has 1 heterocycles. The number of aromatic nitrogens is 2. The van der Waals surface area contributed by atoms with Crippen molar-refractivity contribution < 1.29 is 0 Å². The van der Waals surface area contributed by atoms with Crippen molar-refractivity contribution in [3.8, 4) is 0 Å². The Hall–Kier alpha value is -1.26. The second-order valence-electron chi connectivity index (χ2n) is 3.42. The smallest absolute Gasteiger partial charge is 0.319 e. The summed E-state index contributed by atoms with van der Waals surface area (Å²) in [4.78, 5) is 16.4. The molecule has 0 saturated heterocycles. The number of hydrogen-bond acceptors (Lipinski definition) is 2. The highest BCUT2D eigenvalue weighted by Crippen LogP contribution is 2.21. The molecule has 0 amide bonds. The summed E-state index contributed by atoms with van der Waals surface area (Å²) in [6.45, 7) is 0.861. The predicted octanol–water partition coefficient (Wildman–Crippen LogP) is 1.27. The van der Waals surface area contributed by atoms with Crippen LogP contribution in [0, 0.1) is 0 Å². The molecule has 2 aromatic rings. The molecule has 0 fully saturated rings. The fourth-order valence-corrected chi connectivity index (χ4v) is 1.81. The van der Waals surface area contributed by atoms with E-state index in [0.717, 1.165) is 29.6 Å². The number of H-pyrrole nitrogens is 2. The Morgan fingerprint density at radius 3 is 2.67 bits per heavy atom. The molecule has 15 heavy (non-hydrogen) atoms. The van der Waals surface area contributed by atoms with Gasteiger partial charge < -0.3 is 15.3 Å². The van der Waals surface area contributed by atoms with E-state index in [1.165, 1.54) is 0 Å². The molecule has 5 heteroatoms. The lowest BCUT2D eigenvalue weighted by Gasteiger charge is -2.03. The Balaban J connectivity index is 2.46. The number of imidazole rings is 1. The molecule has 0 radical (unpaired) electrons. The van der Waals surface area contributed by atoms with Crippen LogP contribution in [-0.4, -0.2) is 23.6 Å². The summed E-state index contributed by atoms with van der Waals surface area (Å²) < 4.78 is 0. The summed E-state index contributed by atoms with van der Waals surface area (Å²) in [7, 11) is 1.89. The molecule has 80 valence electrons. The molecule has 0 aliphatic carbocycles. The summed E-state index contributed by atoms with van der Waals surface area (Å²) in [6.07, 6.45) is 0.846. The van der Waals surface area contributed by atoms with Crippen LogP contribution in [0.2, 0.25) is 5.02 Å². The number of fused-ring (bicyclic) bond motifs is 1. The van der Waals surface area contributed by atoms with E-state index in [-0.39, 0.29) is 5.69 Å². The second-order valence-corrected chi connectivity index (χ2v) is 3.83. The monoisotopic (exact) mass is 225 g/mol. The molecule has 2 rings (SSSR count). The van der Waals surface area contributed by atoms with Crippen molar-refractivity contribution in [1.29, 1.82) is 0 Å². The quantitative estimate of drug-likeness (QED) is 0.737. The van der Waals surface area contributed by atoms with Crippen LogP contribution < -0.4 is 11.0 Å². The normalized spacial score (nSPS) is 11.1. The standard InChI is InChI=1S/C10H12ClN3O/c1-12-3-2-6-4-8-9(5-7(6)11)14-10(15)13-8/h4-5,12H,2-3H2,1H3,(H2,13,14,15). The van der Waals surface area contributed by atoms with Gasteiger partial charge in [0.1, 0.15) is 0 Å². The largest absolute Gasteiger partial charge is 0.323 e. The van der Waals surface area contributed by atoms with Crippen molar-refractivity contribution in [1.82, 2.24) is 15.3 Å². The first-order chi connectivity index (χ1) is 7.20. The molecule has 1 aromatic carbocycles. The molecule has 0 aliphatic heterocycles. The summed E-state index contributed by atoms with van der Waals surface area (Å²) >= 11 is 6.08. The van der Waals surface area contributed by atoms with Gasteiger partial charge in [-0.05, 0) is 37.7 Å². The van der Waals surface area contributed by atoms with Gasteiger partial charge in [0, 0.05) is 5.02 Å². The third-order valence-corrected chi connectivity index (χ3v) is 2.68. The maximum absolute atomic E-state index is 11.1. The summed E-state index contributed by atoms with van der Waals surface area (Å²) in [5, 5.41) is 3.75. The van der Waals surface area contributed by atoms with E-state index in [1.807, 2.05) is 13.1 Å². The van der Waals surface area contributed by atoms with Gasteiger partial charge in [-0.3, -0.25) is 0 Å². The van der Waals surface area contributed by atoms with Gasteiger partial charge >= 0.3 is 5.69 Å². The minimum absolute atomic E-state index is 0.202. The van der Waals surface area contributed by atoms with Crippen molar-refractivity contribution in [3.05, 3.63) is 33.2 Å². The van der Waals surface area contributed by atoms with Gasteiger partial charge in [0.25, 0.3) is 0 Å². The zero-order valence-corrected chi connectivity index (χ0v) is 9.11. The maximum Gasteiger partial charge on any atom is 0.323 e. The van der Waals surface area contributed by atoms with Gasteiger partial charge in [-0.15, -0.1) is 0 Å². The fourth-order valence-electron chi connectivity index (χ4n) is 1.55. The zero-order valence-electron chi connectivity index (χ0n) is 8.36. The van der Waals surface area contributed by atoms with Gasteiger partial charge in [-0.1, -0.05) is 11.6 Å². The molecule has 0 spiro atoms. The number of rotatable bonds is 3. The SMILES string of the molecule is CNCCc1cc2[nH]c(=O)[nH]c2cc1Cl. The number of hydrogen-bond donors (Lipinski definition) is 3. The minimum atomic E-state index is -0.202. The highest BCUT2D eigenvalue weighted by Gasteiger charge is 2.04. The van der Waals surface area contributed by atoms with Gasteiger partial charge in [-0.2, -0.15) is 0 Å². The first kappa shape index (κ1) is 10.3. The second kappa shape index (κ2) is 4.08. The Kier molecular flexibility index (Phi) is 2.79. The van der Waals surface area contributed by atoms with Gasteiger partial charge in [0.2, 0.25) is 0 Å². The number of halogens is 1. The van der Waals surface area contributed by atoms with E-state index in [0.29, 0.717) is 5.02 Å². The third-order valence-electron chi connectivity index (χ3n) is 2.33. The van der Waals surface area contributed by atoms with Crippen LogP contribution in [0.15, 0.2) is 16.9 Å². The molecule has 4 nitrogen and oxygen atoms in total. The lowest BCUT2D eigenvalue weighted by atomic mass is 10.1. The van der Waals surface area contributed by atoms with E-state index in [2.05, 4.69) is 15.3 Å². The molecule has 0 saturated carbocycles. The zero-order chi connectivity index (χ0) is 10.8. The first-order valence-electron chi connectivity index (χ1n) is 4.75. The van der Waals surface area contributed by atoms with E-state index < -0.39 is 0 Å². The molecular weight excluding hydrogens is 214 g/mol. The van der Waals surface area contributed by atoms with Crippen molar-refractivity contribution >= 4 is 22.6 Å². The lowest BCUT2D eigenvalue weighted by Crippen LogP contribution is -2.10. The van der Waals surface area contributed by atoms with E-state index in [1.54, 1.807) is 6.07 Å². The van der Waals surface area contributed by atoms with Crippen LogP contribution >= 0.6 is 11.6 Å². The Labute approximate surface area is 91.7 Å². The van der Waals surface area contributed by atoms with E-state index in [4.69, 9.17) is 11.6 Å². The van der Waals surface area contributed by atoms with Crippen molar-refractivity contribution in [3.63, 3.8) is 0 Å². The molecule has 3 N–H and O–H groups in total. The van der Waals surface area contributed by atoms with Crippen LogP contribution in [0.5, 0.6) is 0 Å². The maximum atomic E-state index is 11.1. The van der Waals surface area contributed by atoms with Crippen molar-refractivity contribution in [2.24, 2.45) is 0 Å². The third kappa shape index (κ3) is 2.06. The van der Waals surface area contributed by atoms with Gasteiger partial charge in [0.05, 0.1) is 11.0 Å². The molecule has 0 aliphatic rings. The number of likely N-dealkylation sites (N-methyl/N-ethyl adjacent to an activating group) is 1. The Morgan fingerprint density at radius 1 is 1.33 bits per heavy atom. The average molecular weight is 226 g/mol. The van der Waals surface area contributed by atoms with Crippen LogP contribution in [0.4, 0.5) is 0 Å². The molecule has 0 bridgehead atoms. The summed E-state index contributed by atoms with van der Waals surface area (Å²) in [6, 6.07) is 3.69. The van der Waals surface area contributed by atoms with Crippen LogP contribution in [0.1, 0.15) is 5.56 Å². The Bertz CT molecular complexity index is 529. The topological polar surface area (TPSA) is 60.7 Å². The van der Waals surface area contributed by atoms with Crippen molar-refractivity contribution in [2.45, 2.75) is 6.42 Å². The van der Waals surface area contributed by atoms with Crippen LogP contribution in [-0.2, 0) is 6.42 Å². The fraction of sp³-hybridized carbons (Fsp3) is 0.300. The first-order valence-corrected chi connectivity index (χ1v) is 5.13. The predicted molar refractivity (Wildman–Crippen MR) is 61.6 cm³/mol. The highest BCUT2D eigenvalue weighted by molar-refractivity contribution is 6.32. The van der Waals surface area contributed by atoms with E-state index >= 15 is 0 Å². The molecule has 0 unspecified atom stereocenters. The summed E-state index contributed by atoms with van der Waals surface area (Å²) in [5.41, 5.74) is 2.38. The Morgan fingerprint density at radius 2 is 2.00 bits per heavy atom. The lowest BCUT2D eigenvalue weighted by molar-refractivity contribution is 0.792. The number of nitrogens with one attached hydrogen (secondary N) is 3. The average Bonchev–Trinajstić information content (AvgIpc) is 2.53. The molecule has 1 aromatic heterocycles. The molecule has 0 atom stereocenters. The van der Waals surface area contributed by atoms with Crippen LogP contribution in [0.25, 0.3) is 11.0 Å². The number of benzene rings is 1. The van der Waals surface area contributed by atoms with Gasteiger partial charge in [0.15, 0.2) is 0 Å².